The average Bonchev–Trinajstić information content (AvgIpc) is 2.89. The molecule has 2 rings (SSSR count). The van der Waals surface area contributed by atoms with Crippen molar-refractivity contribution in [3.63, 3.8) is 0 Å². The Bertz CT molecular complexity index is 228. The van der Waals surface area contributed by atoms with Crippen molar-refractivity contribution < 1.29 is 4.74 Å². The molecule has 2 N–H and O–H groups in total. The van der Waals surface area contributed by atoms with Crippen LogP contribution in [0.1, 0.15) is 19.3 Å². The van der Waals surface area contributed by atoms with E-state index in [0.717, 1.165) is 26.2 Å². The van der Waals surface area contributed by atoms with Crippen molar-refractivity contribution in [1.29, 1.82) is 0 Å². The topological polar surface area (TPSA) is 41.7 Å². The second-order valence-corrected chi connectivity index (χ2v) is 5.39. The zero-order valence-corrected chi connectivity index (χ0v) is 10.6. The molecule has 0 amide bonds. The number of nitrogens with zero attached hydrogens (tertiary/aromatic N) is 2. The third kappa shape index (κ3) is 2.25. The van der Waals surface area contributed by atoms with Gasteiger partial charge in [0.25, 0.3) is 0 Å². The van der Waals surface area contributed by atoms with E-state index in [-0.39, 0.29) is 5.54 Å². The van der Waals surface area contributed by atoms with E-state index < -0.39 is 0 Å². The first-order valence-electron chi connectivity index (χ1n) is 6.37. The molecule has 0 aromatic carbocycles. The van der Waals surface area contributed by atoms with Crippen molar-refractivity contribution in [2.24, 2.45) is 5.73 Å². The summed E-state index contributed by atoms with van der Waals surface area (Å²) in [5.74, 6) is 0. The summed E-state index contributed by atoms with van der Waals surface area (Å²) in [6, 6.07) is 0.703. The summed E-state index contributed by atoms with van der Waals surface area (Å²) >= 11 is 0. The van der Waals surface area contributed by atoms with Gasteiger partial charge in [0.2, 0.25) is 0 Å². The minimum Gasteiger partial charge on any atom is -0.379 e. The smallest absolute Gasteiger partial charge is 0.0663 e. The summed E-state index contributed by atoms with van der Waals surface area (Å²) in [5.41, 5.74) is 6.04. The number of hydrogen-bond donors (Lipinski definition) is 1. The molecule has 2 saturated heterocycles. The van der Waals surface area contributed by atoms with Crippen molar-refractivity contribution in [1.82, 2.24) is 9.80 Å². The van der Waals surface area contributed by atoms with Crippen LogP contribution >= 0.6 is 0 Å². The van der Waals surface area contributed by atoms with Crippen LogP contribution in [0, 0.1) is 0 Å². The molecule has 4 nitrogen and oxygen atoms in total. The molecule has 0 bridgehead atoms. The van der Waals surface area contributed by atoms with E-state index in [2.05, 4.69) is 23.9 Å². The fraction of sp³-hybridized carbons (Fsp3) is 1.00. The monoisotopic (exact) mass is 227 g/mol. The minimum absolute atomic E-state index is 0.101. The van der Waals surface area contributed by atoms with E-state index in [1.165, 1.54) is 19.4 Å². The first-order chi connectivity index (χ1) is 7.68. The standard InChI is InChI=1S/C12H25N3O/c1-14-6-3-4-11(14)8-15(2)12(9-13)5-7-16-10-12/h11H,3-10,13H2,1-2H3. The van der Waals surface area contributed by atoms with Gasteiger partial charge in [0, 0.05) is 25.7 Å². The summed E-state index contributed by atoms with van der Waals surface area (Å²) in [7, 11) is 4.43. The highest BCUT2D eigenvalue weighted by atomic mass is 16.5. The van der Waals surface area contributed by atoms with Gasteiger partial charge in [-0.2, -0.15) is 0 Å². The Kier molecular flexibility index (Phi) is 3.85. The summed E-state index contributed by atoms with van der Waals surface area (Å²) in [6.45, 7) is 4.74. The van der Waals surface area contributed by atoms with Crippen LogP contribution in [0.4, 0.5) is 0 Å². The molecule has 94 valence electrons. The fourth-order valence-electron chi connectivity index (χ4n) is 2.93. The molecule has 0 aliphatic carbocycles. The SMILES string of the molecule is CN1CCCC1CN(C)C1(CN)CCOC1. The summed E-state index contributed by atoms with van der Waals surface area (Å²) < 4.78 is 5.53. The molecule has 0 saturated carbocycles. The maximum Gasteiger partial charge on any atom is 0.0663 e. The maximum atomic E-state index is 5.94. The highest BCUT2D eigenvalue weighted by molar-refractivity contribution is 4.95. The quantitative estimate of drug-likeness (QED) is 0.741. The van der Waals surface area contributed by atoms with Crippen molar-refractivity contribution in [2.75, 3.05) is 46.9 Å². The molecule has 2 atom stereocenters. The second kappa shape index (κ2) is 5.00. The maximum absolute atomic E-state index is 5.94. The highest BCUT2D eigenvalue weighted by Gasteiger charge is 2.39. The van der Waals surface area contributed by atoms with Crippen molar-refractivity contribution in [3.8, 4) is 0 Å². The van der Waals surface area contributed by atoms with E-state index in [1.54, 1.807) is 0 Å². The van der Waals surface area contributed by atoms with Gasteiger partial charge in [-0.05, 0) is 39.9 Å². The number of nitrogens with two attached hydrogens (primary N) is 1. The third-order valence-corrected chi connectivity index (χ3v) is 4.43. The van der Waals surface area contributed by atoms with Gasteiger partial charge in [-0.1, -0.05) is 0 Å². The number of likely N-dealkylation sites (N-methyl/N-ethyl adjacent to an activating group) is 2. The van der Waals surface area contributed by atoms with Crippen LogP contribution in [0.5, 0.6) is 0 Å². The van der Waals surface area contributed by atoms with Gasteiger partial charge in [0.1, 0.15) is 0 Å². The number of hydrogen-bond acceptors (Lipinski definition) is 4. The predicted molar refractivity (Wildman–Crippen MR) is 65.5 cm³/mol. The molecule has 2 unspecified atom stereocenters. The van der Waals surface area contributed by atoms with E-state index in [1.807, 2.05) is 0 Å². The number of rotatable bonds is 4. The molecule has 2 heterocycles. The van der Waals surface area contributed by atoms with Crippen LogP contribution < -0.4 is 5.73 Å². The van der Waals surface area contributed by atoms with E-state index >= 15 is 0 Å². The van der Waals surface area contributed by atoms with Gasteiger partial charge in [0.15, 0.2) is 0 Å². The van der Waals surface area contributed by atoms with Gasteiger partial charge in [-0.3, -0.25) is 4.90 Å². The molecule has 0 radical (unpaired) electrons. The van der Waals surface area contributed by atoms with Crippen LogP contribution in [0.15, 0.2) is 0 Å². The molecule has 0 spiro atoms. The largest absolute Gasteiger partial charge is 0.379 e. The summed E-state index contributed by atoms with van der Waals surface area (Å²) in [5, 5.41) is 0. The Labute approximate surface area is 98.7 Å². The van der Waals surface area contributed by atoms with Crippen molar-refractivity contribution in [2.45, 2.75) is 30.8 Å². The van der Waals surface area contributed by atoms with Gasteiger partial charge >= 0.3 is 0 Å². The Morgan fingerprint density at radius 3 is 2.88 bits per heavy atom. The molecule has 4 heteroatoms. The molecule has 0 aromatic rings. The van der Waals surface area contributed by atoms with Gasteiger partial charge in [-0.25, -0.2) is 0 Å². The second-order valence-electron chi connectivity index (χ2n) is 5.39. The lowest BCUT2D eigenvalue weighted by molar-refractivity contribution is 0.0751. The zero-order valence-electron chi connectivity index (χ0n) is 10.6. The average molecular weight is 227 g/mol. The molecular weight excluding hydrogens is 202 g/mol. The minimum atomic E-state index is 0.101. The van der Waals surface area contributed by atoms with Gasteiger partial charge < -0.3 is 15.4 Å². The number of likely N-dealkylation sites (tertiary alicyclic amines) is 1. The van der Waals surface area contributed by atoms with Crippen LogP contribution in [0.2, 0.25) is 0 Å². The van der Waals surface area contributed by atoms with Gasteiger partial charge in [0.05, 0.1) is 12.1 Å². The third-order valence-electron chi connectivity index (χ3n) is 4.43. The Morgan fingerprint density at radius 2 is 2.38 bits per heavy atom. The van der Waals surface area contributed by atoms with Crippen LogP contribution in [0.3, 0.4) is 0 Å². The molecule has 2 fully saturated rings. The molecule has 2 aliphatic heterocycles. The van der Waals surface area contributed by atoms with Crippen molar-refractivity contribution >= 4 is 0 Å². The Balaban J connectivity index is 1.93. The molecule has 16 heavy (non-hydrogen) atoms. The molecular formula is C12H25N3O. The normalized spacial score (nSPS) is 36.4. The van der Waals surface area contributed by atoms with Gasteiger partial charge in [-0.15, -0.1) is 0 Å². The van der Waals surface area contributed by atoms with E-state index in [0.29, 0.717) is 12.6 Å². The van der Waals surface area contributed by atoms with Crippen LogP contribution in [-0.4, -0.2) is 68.3 Å². The Morgan fingerprint density at radius 1 is 1.56 bits per heavy atom. The van der Waals surface area contributed by atoms with Crippen LogP contribution in [0.25, 0.3) is 0 Å². The molecule has 2 aliphatic rings. The van der Waals surface area contributed by atoms with E-state index in [9.17, 15) is 0 Å². The summed E-state index contributed by atoms with van der Waals surface area (Å²) in [4.78, 5) is 4.91. The first-order valence-corrected chi connectivity index (χ1v) is 6.37. The predicted octanol–water partition coefficient (Wildman–Crippen LogP) is 0.130. The van der Waals surface area contributed by atoms with Crippen molar-refractivity contribution in [3.05, 3.63) is 0 Å². The fourth-order valence-corrected chi connectivity index (χ4v) is 2.93. The summed E-state index contributed by atoms with van der Waals surface area (Å²) in [6.07, 6.45) is 3.74. The first kappa shape index (κ1) is 12.3. The lowest BCUT2D eigenvalue weighted by Gasteiger charge is -2.39. The highest BCUT2D eigenvalue weighted by Crippen LogP contribution is 2.26. The lowest BCUT2D eigenvalue weighted by Crippen LogP contribution is -2.55. The Hall–Kier alpha value is -0.160. The van der Waals surface area contributed by atoms with Crippen LogP contribution in [-0.2, 0) is 4.74 Å². The molecule has 0 aromatic heterocycles. The number of ether oxygens (including phenoxy) is 1. The van der Waals surface area contributed by atoms with E-state index in [4.69, 9.17) is 10.5 Å². The lowest BCUT2D eigenvalue weighted by atomic mass is 9.96. The zero-order chi connectivity index (χ0) is 11.6.